The average molecular weight is 264 g/mol. The van der Waals surface area contributed by atoms with Crippen LogP contribution in [0.2, 0.25) is 5.02 Å². The highest BCUT2D eigenvalue weighted by Gasteiger charge is 2.15. The Morgan fingerprint density at radius 1 is 1.39 bits per heavy atom. The zero-order chi connectivity index (χ0) is 13.0. The Kier molecular flexibility index (Phi) is 4.46. The highest BCUT2D eigenvalue weighted by Crippen LogP contribution is 2.25. The summed E-state index contributed by atoms with van der Waals surface area (Å²) in [5.41, 5.74) is 1.54. The smallest absolute Gasteiger partial charge is 0.0992 e. The molecule has 0 aromatic heterocycles. The van der Waals surface area contributed by atoms with Crippen LogP contribution in [0.25, 0.3) is 0 Å². The van der Waals surface area contributed by atoms with Crippen molar-refractivity contribution >= 4 is 17.3 Å². The number of halogens is 1. The van der Waals surface area contributed by atoms with Crippen molar-refractivity contribution in [1.82, 2.24) is 4.90 Å². The van der Waals surface area contributed by atoms with Crippen LogP contribution in [-0.4, -0.2) is 31.1 Å². The molecule has 1 N–H and O–H groups in total. The van der Waals surface area contributed by atoms with E-state index < -0.39 is 0 Å². The van der Waals surface area contributed by atoms with Crippen LogP contribution in [0.5, 0.6) is 0 Å². The summed E-state index contributed by atoms with van der Waals surface area (Å²) >= 11 is 6.17. The second-order valence-electron chi connectivity index (χ2n) is 4.88. The molecule has 0 aliphatic carbocycles. The lowest BCUT2D eigenvalue weighted by atomic mass is 10.1. The Labute approximate surface area is 113 Å². The van der Waals surface area contributed by atoms with Crippen LogP contribution >= 0.6 is 11.6 Å². The first-order chi connectivity index (χ1) is 8.69. The van der Waals surface area contributed by atoms with Crippen LogP contribution in [-0.2, 0) is 0 Å². The number of hydrogen-bond donors (Lipinski definition) is 1. The van der Waals surface area contributed by atoms with E-state index in [4.69, 9.17) is 16.9 Å². The quantitative estimate of drug-likeness (QED) is 0.891. The number of nitriles is 1. The van der Waals surface area contributed by atoms with Crippen molar-refractivity contribution in [2.24, 2.45) is 0 Å². The minimum atomic E-state index is 0.473. The largest absolute Gasteiger partial charge is 0.381 e. The van der Waals surface area contributed by atoms with Crippen LogP contribution < -0.4 is 5.32 Å². The molecule has 1 saturated heterocycles. The summed E-state index contributed by atoms with van der Waals surface area (Å²) in [6.07, 6.45) is 3.51. The highest BCUT2D eigenvalue weighted by atomic mass is 35.5. The summed E-state index contributed by atoms with van der Waals surface area (Å²) in [6.45, 7) is 2.28. The molecule has 1 aliphatic heterocycles. The normalized spacial score (nSPS) is 21.1. The minimum Gasteiger partial charge on any atom is -0.381 e. The molecule has 1 aromatic carbocycles. The lowest BCUT2D eigenvalue weighted by Crippen LogP contribution is -2.23. The van der Waals surface area contributed by atoms with E-state index in [0.29, 0.717) is 16.6 Å². The Bertz CT molecular complexity index is 453. The molecular formula is C14H18ClN3. The molecule has 1 unspecified atom stereocenters. The summed E-state index contributed by atoms with van der Waals surface area (Å²) in [6, 6.07) is 7.98. The standard InChI is InChI=1S/C14H18ClN3/c1-18-7-2-3-12(6-8-18)17-14-5-4-11(10-16)9-13(14)15/h4-5,9,12,17H,2-3,6-8H2,1H3. The molecule has 4 heteroatoms. The van der Waals surface area contributed by atoms with E-state index in [-0.39, 0.29) is 0 Å². The van der Waals surface area contributed by atoms with Gasteiger partial charge in [0.05, 0.1) is 22.3 Å². The van der Waals surface area contributed by atoms with Gasteiger partial charge in [0, 0.05) is 6.04 Å². The van der Waals surface area contributed by atoms with E-state index in [9.17, 15) is 0 Å². The summed E-state index contributed by atoms with van der Waals surface area (Å²) in [5.74, 6) is 0. The minimum absolute atomic E-state index is 0.473. The number of rotatable bonds is 2. The number of anilines is 1. The van der Waals surface area contributed by atoms with Crippen molar-refractivity contribution in [3.8, 4) is 6.07 Å². The molecule has 3 nitrogen and oxygen atoms in total. The molecule has 1 atom stereocenters. The van der Waals surface area contributed by atoms with Crippen molar-refractivity contribution in [2.75, 3.05) is 25.5 Å². The Hall–Kier alpha value is -1.24. The molecule has 18 heavy (non-hydrogen) atoms. The summed E-state index contributed by atoms with van der Waals surface area (Å²) in [5, 5.41) is 12.9. The highest BCUT2D eigenvalue weighted by molar-refractivity contribution is 6.33. The SMILES string of the molecule is CN1CCCC(Nc2ccc(C#N)cc2Cl)CC1. The first-order valence-corrected chi connectivity index (χ1v) is 6.71. The van der Waals surface area contributed by atoms with Crippen molar-refractivity contribution < 1.29 is 0 Å². The van der Waals surface area contributed by atoms with Gasteiger partial charge in [-0.1, -0.05) is 11.6 Å². The molecule has 1 aliphatic rings. The Morgan fingerprint density at radius 2 is 2.22 bits per heavy atom. The van der Waals surface area contributed by atoms with E-state index in [1.165, 1.54) is 19.4 Å². The number of nitrogens with zero attached hydrogens (tertiary/aromatic N) is 2. The fraction of sp³-hybridized carbons (Fsp3) is 0.500. The topological polar surface area (TPSA) is 39.1 Å². The summed E-state index contributed by atoms with van der Waals surface area (Å²) in [7, 11) is 2.16. The third kappa shape index (κ3) is 3.38. The second kappa shape index (κ2) is 6.08. The van der Waals surface area contributed by atoms with E-state index in [2.05, 4.69) is 23.3 Å². The Morgan fingerprint density at radius 3 is 2.94 bits per heavy atom. The maximum atomic E-state index is 8.81. The molecule has 0 radical (unpaired) electrons. The lowest BCUT2D eigenvalue weighted by Gasteiger charge is -2.19. The van der Waals surface area contributed by atoms with Crippen LogP contribution in [0.4, 0.5) is 5.69 Å². The van der Waals surface area contributed by atoms with Crippen molar-refractivity contribution in [3.05, 3.63) is 28.8 Å². The second-order valence-corrected chi connectivity index (χ2v) is 5.29. The van der Waals surface area contributed by atoms with E-state index in [0.717, 1.165) is 18.7 Å². The third-order valence-corrected chi connectivity index (χ3v) is 3.72. The lowest BCUT2D eigenvalue weighted by molar-refractivity contribution is 0.348. The molecule has 1 heterocycles. The Balaban J connectivity index is 2.03. The van der Waals surface area contributed by atoms with Crippen LogP contribution in [0.1, 0.15) is 24.8 Å². The summed E-state index contributed by atoms with van der Waals surface area (Å²) in [4.78, 5) is 2.36. The van der Waals surface area contributed by atoms with E-state index in [1.807, 2.05) is 6.07 Å². The average Bonchev–Trinajstić information content (AvgIpc) is 2.57. The fourth-order valence-electron chi connectivity index (χ4n) is 2.31. The van der Waals surface area contributed by atoms with Crippen molar-refractivity contribution in [1.29, 1.82) is 5.26 Å². The fourth-order valence-corrected chi connectivity index (χ4v) is 2.54. The molecule has 0 spiro atoms. The number of hydrogen-bond acceptors (Lipinski definition) is 3. The van der Waals surface area contributed by atoms with E-state index >= 15 is 0 Å². The maximum Gasteiger partial charge on any atom is 0.0992 e. The predicted molar refractivity (Wildman–Crippen MR) is 74.9 cm³/mol. The number of benzene rings is 1. The molecule has 96 valence electrons. The van der Waals surface area contributed by atoms with Gasteiger partial charge in [0.2, 0.25) is 0 Å². The molecule has 0 bridgehead atoms. The van der Waals surface area contributed by atoms with Gasteiger partial charge >= 0.3 is 0 Å². The molecule has 1 fully saturated rings. The summed E-state index contributed by atoms with van der Waals surface area (Å²) < 4.78 is 0. The number of nitrogens with one attached hydrogen (secondary N) is 1. The molecule has 0 amide bonds. The molecule has 1 aromatic rings. The van der Waals surface area contributed by atoms with Gasteiger partial charge in [-0.3, -0.25) is 0 Å². The van der Waals surface area contributed by atoms with Gasteiger partial charge in [0.1, 0.15) is 0 Å². The van der Waals surface area contributed by atoms with E-state index in [1.54, 1.807) is 12.1 Å². The van der Waals surface area contributed by atoms with Gasteiger partial charge in [0.25, 0.3) is 0 Å². The molecular weight excluding hydrogens is 246 g/mol. The van der Waals surface area contributed by atoms with Crippen molar-refractivity contribution in [2.45, 2.75) is 25.3 Å². The van der Waals surface area contributed by atoms with Crippen LogP contribution in [0.15, 0.2) is 18.2 Å². The zero-order valence-electron chi connectivity index (χ0n) is 10.6. The molecule has 2 rings (SSSR count). The predicted octanol–water partition coefficient (Wildman–Crippen LogP) is 3.11. The van der Waals surface area contributed by atoms with Gasteiger partial charge in [-0.05, 0) is 57.6 Å². The van der Waals surface area contributed by atoms with Gasteiger partial charge in [-0.2, -0.15) is 5.26 Å². The zero-order valence-corrected chi connectivity index (χ0v) is 11.4. The van der Waals surface area contributed by atoms with Gasteiger partial charge in [0.15, 0.2) is 0 Å². The third-order valence-electron chi connectivity index (χ3n) is 3.41. The van der Waals surface area contributed by atoms with Gasteiger partial charge < -0.3 is 10.2 Å². The van der Waals surface area contributed by atoms with Crippen LogP contribution in [0.3, 0.4) is 0 Å². The van der Waals surface area contributed by atoms with Gasteiger partial charge in [-0.25, -0.2) is 0 Å². The van der Waals surface area contributed by atoms with Gasteiger partial charge in [-0.15, -0.1) is 0 Å². The number of likely N-dealkylation sites (tertiary alicyclic amines) is 1. The van der Waals surface area contributed by atoms with Crippen LogP contribution in [0, 0.1) is 11.3 Å². The first-order valence-electron chi connectivity index (χ1n) is 6.34. The monoisotopic (exact) mass is 263 g/mol. The van der Waals surface area contributed by atoms with Crippen molar-refractivity contribution in [3.63, 3.8) is 0 Å². The first kappa shape index (κ1) is 13.2. The molecule has 0 saturated carbocycles. The maximum absolute atomic E-state index is 8.81.